The summed E-state index contributed by atoms with van der Waals surface area (Å²) in [6.45, 7) is 6.66. The molecule has 3 aromatic rings. The van der Waals surface area contributed by atoms with Crippen LogP contribution in [0.3, 0.4) is 0 Å². The zero-order valence-electron chi connectivity index (χ0n) is 16.0. The fourth-order valence-electron chi connectivity index (χ4n) is 3.62. The zero-order chi connectivity index (χ0) is 19.7. The van der Waals surface area contributed by atoms with Crippen molar-refractivity contribution in [3.8, 4) is 0 Å². The molecule has 0 radical (unpaired) electrons. The fraction of sp³-hybridized carbons (Fsp3) is 0.450. The maximum atomic E-state index is 12.0. The van der Waals surface area contributed by atoms with Crippen molar-refractivity contribution in [2.24, 2.45) is 0 Å². The number of fused-ring (bicyclic) bond motifs is 1. The van der Waals surface area contributed by atoms with Gasteiger partial charge in [0.1, 0.15) is 5.56 Å². The first-order chi connectivity index (χ1) is 13.5. The van der Waals surface area contributed by atoms with Gasteiger partial charge in [0.2, 0.25) is 0 Å². The minimum Gasteiger partial charge on any atom is -0.462 e. The second-order valence-electron chi connectivity index (χ2n) is 7.09. The third-order valence-corrected chi connectivity index (χ3v) is 6.52. The van der Waals surface area contributed by atoms with E-state index in [1.54, 1.807) is 17.5 Å². The Balaban J connectivity index is 1.37. The van der Waals surface area contributed by atoms with Crippen molar-refractivity contribution in [1.82, 2.24) is 19.7 Å². The number of hydrogen-bond donors (Lipinski definition) is 0. The molecule has 1 saturated heterocycles. The molecular formula is C20H23ClN4O2S. The lowest BCUT2D eigenvalue weighted by Gasteiger charge is -2.30. The summed E-state index contributed by atoms with van der Waals surface area (Å²) in [6, 6.07) is 5.91. The quantitative estimate of drug-likeness (QED) is 0.572. The smallest absolute Gasteiger partial charge is 0.341 e. The zero-order valence-corrected chi connectivity index (χ0v) is 17.6. The van der Waals surface area contributed by atoms with E-state index in [1.807, 2.05) is 30.7 Å². The summed E-state index contributed by atoms with van der Waals surface area (Å²) in [5.41, 5.74) is 2.25. The monoisotopic (exact) mass is 418 g/mol. The third kappa shape index (κ3) is 4.06. The maximum Gasteiger partial charge on any atom is 0.341 e. The Morgan fingerprint density at radius 3 is 2.89 bits per heavy atom. The van der Waals surface area contributed by atoms with Gasteiger partial charge in [-0.1, -0.05) is 11.6 Å². The van der Waals surface area contributed by atoms with E-state index < -0.39 is 0 Å². The van der Waals surface area contributed by atoms with Crippen LogP contribution in [0.5, 0.6) is 0 Å². The number of hydrogen-bond acceptors (Lipinski definition) is 6. The van der Waals surface area contributed by atoms with Gasteiger partial charge >= 0.3 is 5.97 Å². The normalized spacial score (nSPS) is 16.0. The topological polar surface area (TPSA) is 60.2 Å². The number of nitrogens with zero attached hydrogens (tertiary/aromatic N) is 4. The molecule has 1 fully saturated rings. The summed E-state index contributed by atoms with van der Waals surface area (Å²) in [4.78, 5) is 19.1. The van der Waals surface area contributed by atoms with Gasteiger partial charge in [0, 0.05) is 30.2 Å². The van der Waals surface area contributed by atoms with Crippen molar-refractivity contribution in [3.05, 3.63) is 45.7 Å². The van der Waals surface area contributed by atoms with Crippen LogP contribution in [-0.2, 0) is 11.4 Å². The summed E-state index contributed by atoms with van der Waals surface area (Å²) >= 11 is 7.85. The SMILES string of the molecule is CCOC(=O)c1cn(CN2CCC(c3nc4cc(Cl)ccc4s3)CC2)nc1C. The Morgan fingerprint density at radius 2 is 2.14 bits per heavy atom. The molecule has 0 N–H and O–H groups in total. The molecule has 6 nitrogen and oxygen atoms in total. The molecule has 0 saturated carbocycles. The summed E-state index contributed by atoms with van der Waals surface area (Å²) < 4.78 is 8.12. The average Bonchev–Trinajstić information content (AvgIpc) is 3.25. The number of likely N-dealkylation sites (tertiary alicyclic amines) is 1. The van der Waals surface area contributed by atoms with Crippen LogP contribution in [0.2, 0.25) is 5.02 Å². The number of esters is 1. The van der Waals surface area contributed by atoms with Crippen molar-refractivity contribution in [2.75, 3.05) is 19.7 Å². The van der Waals surface area contributed by atoms with E-state index in [-0.39, 0.29) is 5.97 Å². The van der Waals surface area contributed by atoms with Gasteiger partial charge in [-0.15, -0.1) is 11.3 Å². The van der Waals surface area contributed by atoms with Crippen LogP contribution in [0.1, 0.15) is 46.7 Å². The Hall–Kier alpha value is -1.96. The van der Waals surface area contributed by atoms with Crippen LogP contribution in [-0.4, -0.2) is 45.3 Å². The van der Waals surface area contributed by atoms with E-state index in [1.165, 1.54) is 9.71 Å². The molecule has 0 bridgehead atoms. The summed E-state index contributed by atoms with van der Waals surface area (Å²) in [6.07, 6.45) is 3.92. The number of carbonyl (C=O) groups is 1. The molecule has 0 unspecified atom stereocenters. The Kier molecular flexibility index (Phi) is 5.66. The number of aromatic nitrogens is 3. The second kappa shape index (κ2) is 8.19. The number of halogens is 1. The lowest BCUT2D eigenvalue weighted by atomic mass is 9.98. The molecule has 2 aromatic heterocycles. The minimum atomic E-state index is -0.305. The predicted octanol–water partition coefficient (Wildman–Crippen LogP) is 4.47. The van der Waals surface area contributed by atoms with Crippen molar-refractivity contribution in [3.63, 3.8) is 0 Å². The summed E-state index contributed by atoms with van der Waals surface area (Å²) in [7, 11) is 0. The van der Waals surface area contributed by atoms with Crippen molar-refractivity contribution in [2.45, 2.75) is 39.3 Å². The van der Waals surface area contributed by atoms with Crippen molar-refractivity contribution < 1.29 is 9.53 Å². The van der Waals surface area contributed by atoms with Gasteiger partial charge in [-0.2, -0.15) is 5.10 Å². The highest BCUT2D eigenvalue weighted by Gasteiger charge is 2.24. The molecule has 1 aliphatic rings. The lowest BCUT2D eigenvalue weighted by molar-refractivity contribution is 0.0525. The summed E-state index contributed by atoms with van der Waals surface area (Å²) in [5, 5.41) is 6.41. The number of benzene rings is 1. The molecule has 1 aliphatic heterocycles. The van der Waals surface area contributed by atoms with Gasteiger partial charge in [-0.3, -0.25) is 9.58 Å². The van der Waals surface area contributed by atoms with Gasteiger partial charge in [-0.25, -0.2) is 9.78 Å². The van der Waals surface area contributed by atoms with Crippen molar-refractivity contribution >= 4 is 39.1 Å². The van der Waals surface area contributed by atoms with Crippen LogP contribution >= 0.6 is 22.9 Å². The van der Waals surface area contributed by atoms with Gasteiger partial charge in [0.05, 0.1) is 34.2 Å². The van der Waals surface area contributed by atoms with Gasteiger partial charge < -0.3 is 4.74 Å². The third-order valence-electron chi connectivity index (χ3n) is 5.09. The summed E-state index contributed by atoms with van der Waals surface area (Å²) in [5.74, 6) is 0.183. The van der Waals surface area contributed by atoms with E-state index in [4.69, 9.17) is 21.3 Å². The van der Waals surface area contributed by atoms with Gasteiger partial charge in [0.15, 0.2) is 0 Å². The molecule has 28 heavy (non-hydrogen) atoms. The lowest BCUT2D eigenvalue weighted by Crippen LogP contribution is -2.34. The first kappa shape index (κ1) is 19.4. The van der Waals surface area contributed by atoms with E-state index in [0.717, 1.165) is 36.5 Å². The highest BCUT2D eigenvalue weighted by Crippen LogP contribution is 2.34. The minimum absolute atomic E-state index is 0.305. The molecule has 3 heterocycles. The van der Waals surface area contributed by atoms with Crippen LogP contribution in [0.15, 0.2) is 24.4 Å². The molecular weight excluding hydrogens is 396 g/mol. The molecule has 0 amide bonds. The standard InChI is InChI=1S/C20H23ClN4O2S/c1-3-27-20(26)16-11-25(23-13(16)2)12-24-8-6-14(7-9-24)19-22-17-10-15(21)4-5-18(17)28-19/h4-5,10-11,14H,3,6-9,12H2,1-2H3. The number of piperidine rings is 1. The predicted molar refractivity (Wildman–Crippen MR) is 111 cm³/mol. The first-order valence-corrected chi connectivity index (χ1v) is 10.7. The average molecular weight is 419 g/mol. The molecule has 0 spiro atoms. The highest BCUT2D eigenvalue weighted by molar-refractivity contribution is 7.18. The van der Waals surface area contributed by atoms with E-state index in [2.05, 4.69) is 16.1 Å². The molecule has 0 atom stereocenters. The molecule has 8 heteroatoms. The van der Waals surface area contributed by atoms with Gasteiger partial charge in [-0.05, 0) is 44.9 Å². The van der Waals surface area contributed by atoms with Crippen LogP contribution in [0, 0.1) is 6.92 Å². The highest BCUT2D eigenvalue weighted by atomic mass is 35.5. The molecule has 4 rings (SSSR count). The number of thiazole rings is 1. The number of ether oxygens (including phenoxy) is 1. The van der Waals surface area contributed by atoms with Crippen LogP contribution in [0.4, 0.5) is 0 Å². The molecule has 1 aromatic carbocycles. The number of rotatable bonds is 5. The van der Waals surface area contributed by atoms with Crippen LogP contribution in [0.25, 0.3) is 10.2 Å². The van der Waals surface area contributed by atoms with E-state index in [9.17, 15) is 4.79 Å². The van der Waals surface area contributed by atoms with Crippen LogP contribution < -0.4 is 0 Å². The Bertz CT molecular complexity index is 991. The Labute approximate surface area is 173 Å². The number of aryl methyl sites for hydroxylation is 1. The fourth-order valence-corrected chi connectivity index (χ4v) is 4.90. The first-order valence-electron chi connectivity index (χ1n) is 9.53. The Morgan fingerprint density at radius 1 is 1.36 bits per heavy atom. The van der Waals surface area contributed by atoms with Crippen molar-refractivity contribution in [1.29, 1.82) is 0 Å². The van der Waals surface area contributed by atoms with E-state index >= 15 is 0 Å². The second-order valence-corrected chi connectivity index (χ2v) is 8.58. The van der Waals surface area contributed by atoms with E-state index in [0.29, 0.717) is 30.5 Å². The van der Waals surface area contributed by atoms with Gasteiger partial charge in [0.25, 0.3) is 0 Å². The molecule has 148 valence electrons. The molecule has 0 aliphatic carbocycles. The number of carbonyl (C=O) groups excluding carboxylic acids is 1. The largest absolute Gasteiger partial charge is 0.462 e. The maximum absolute atomic E-state index is 12.0.